The smallest absolute Gasteiger partial charge is 0.396 e. The summed E-state index contributed by atoms with van der Waals surface area (Å²) in [7, 11) is 0. The minimum Gasteiger partial charge on any atom is -0.396 e. The monoisotopic (exact) mass is 467 g/mol. The average Bonchev–Trinajstić information content (AvgIpc) is 2.81. The lowest BCUT2D eigenvalue weighted by atomic mass is 9.99. The molecule has 33 heavy (non-hydrogen) atoms. The van der Waals surface area contributed by atoms with Crippen LogP contribution < -0.4 is 5.32 Å². The Labute approximate surface area is 188 Å². The fraction of sp³-hybridized carbons (Fsp3) is 0.409. The number of nitro benzene ring substituents is 1. The van der Waals surface area contributed by atoms with Gasteiger partial charge in [0.15, 0.2) is 0 Å². The van der Waals surface area contributed by atoms with Crippen molar-refractivity contribution in [1.29, 1.82) is 0 Å². The molecule has 2 aromatic rings. The van der Waals surface area contributed by atoms with Crippen molar-refractivity contribution in [1.82, 2.24) is 10.2 Å². The molecule has 11 heteroatoms. The van der Waals surface area contributed by atoms with Crippen molar-refractivity contribution in [2.24, 2.45) is 5.92 Å². The Hall–Kier alpha value is -3.18. The van der Waals surface area contributed by atoms with E-state index in [0.29, 0.717) is 24.1 Å². The van der Waals surface area contributed by atoms with Crippen LogP contribution in [-0.4, -0.2) is 53.8 Å². The largest absolute Gasteiger partial charge is 0.416 e. The second-order valence-electron chi connectivity index (χ2n) is 7.79. The Balaban J connectivity index is 1.54. The van der Waals surface area contributed by atoms with Crippen molar-refractivity contribution < 1.29 is 32.7 Å². The molecule has 1 aliphatic heterocycles. The van der Waals surface area contributed by atoms with Gasteiger partial charge in [0.05, 0.1) is 23.6 Å². The highest BCUT2D eigenvalue weighted by Crippen LogP contribution is 2.29. The van der Waals surface area contributed by atoms with E-state index >= 15 is 0 Å². The summed E-state index contributed by atoms with van der Waals surface area (Å²) < 4.78 is 43.8. The van der Waals surface area contributed by atoms with Crippen molar-refractivity contribution in [3.05, 3.63) is 75.3 Å². The van der Waals surface area contributed by atoms with Gasteiger partial charge in [0, 0.05) is 37.7 Å². The highest BCUT2D eigenvalue weighted by molar-refractivity contribution is 5.74. The molecule has 0 spiro atoms. The molecule has 2 amide bonds. The van der Waals surface area contributed by atoms with Crippen molar-refractivity contribution in [3.63, 3.8) is 0 Å². The molecule has 0 radical (unpaired) electrons. The Bertz CT molecular complexity index is 968. The number of alkyl halides is 3. The third-order valence-corrected chi connectivity index (χ3v) is 5.41. The van der Waals surface area contributed by atoms with Gasteiger partial charge in [0.1, 0.15) is 6.10 Å². The molecular weight excluding hydrogens is 443 g/mol. The number of urea groups is 1. The number of aliphatic hydroxyl groups excluding tert-OH is 1. The second kappa shape index (κ2) is 10.6. The van der Waals surface area contributed by atoms with Crippen molar-refractivity contribution in [2.75, 3.05) is 32.8 Å². The molecule has 1 aliphatic rings. The lowest BCUT2D eigenvalue weighted by Gasteiger charge is -2.33. The zero-order valence-electron chi connectivity index (χ0n) is 17.6. The van der Waals surface area contributed by atoms with E-state index in [9.17, 15) is 33.2 Å². The van der Waals surface area contributed by atoms with E-state index in [-0.39, 0.29) is 43.9 Å². The van der Waals surface area contributed by atoms with E-state index in [1.54, 1.807) is 12.1 Å². The predicted molar refractivity (Wildman–Crippen MR) is 112 cm³/mol. The third-order valence-electron chi connectivity index (χ3n) is 5.41. The van der Waals surface area contributed by atoms with E-state index in [2.05, 4.69) is 5.32 Å². The van der Waals surface area contributed by atoms with Gasteiger partial charge >= 0.3 is 12.2 Å². The third kappa shape index (κ3) is 6.65. The molecule has 2 atom stereocenters. The minimum absolute atomic E-state index is 0.0632. The molecule has 178 valence electrons. The fourth-order valence-corrected chi connectivity index (χ4v) is 3.58. The Kier molecular flexibility index (Phi) is 7.88. The van der Waals surface area contributed by atoms with Gasteiger partial charge in [-0.2, -0.15) is 13.2 Å². The number of hydrogen-bond donors (Lipinski definition) is 2. The van der Waals surface area contributed by atoms with Crippen LogP contribution in [0.15, 0.2) is 48.5 Å². The van der Waals surface area contributed by atoms with Crippen LogP contribution >= 0.6 is 0 Å². The normalized spacial score (nSPS) is 17.5. The quantitative estimate of drug-likeness (QED) is 0.479. The molecule has 2 N–H and O–H groups in total. The molecular formula is C22H24F3N3O5. The van der Waals surface area contributed by atoms with Gasteiger partial charge in [0.25, 0.3) is 5.69 Å². The maximum absolute atomic E-state index is 12.7. The molecule has 2 aromatic carbocycles. The lowest BCUT2D eigenvalue weighted by molar-refractivity contribution is -0.385. The van der Waals surface area contributed by atoms with Crippen LogP contribution in [0, 0.1) is 16.0 Å². The summed E-state index contributed by atoms with van der Waals surface area (Å²) in [5.41, 5.74) is 0.406. The van der Waals surface area contributed by atoms with Crippen LogP contribution in [-0.2, 0) is 17.3 Å². The summed E-state index contributed by atoms with van der Waals surface area (Å²) >= 11 is 0. The van der Waals surface area contributed by atoms with Crippen LogP contribution in [0.25, 0.3) is 0 Å². The average molecular weight is 467 g/mol. The van der Waals surface area contributed by atoms with E-state index in [1.165, 1.54) is 29.2 Å². The van der Waals surface area contributed by atoms with E-state index in [0.717, 1.165) is 12.1 Å². The SMILES string of the molecule is O=C(NCC(CO)Cc1ccc(C(F)(F)F)cc1)N1CCOC(c2cccc([N+](=O)[O-])c2)C1. The molecule has 1 saturated heterocycles. The number of non-ortho nitro benzene ring substituents is 1. The first-order valence-corrected chi connectivity index (χ1v) is 10.3. The van der Waals surface area contributed by atoms with Gasteiger partial charge in [-0.05, 0) is 29.7 Å². The summed E-state index contributed by atoms with van der Waals surface area (Å²) in [6.07, 6.45) is -4.62. The number of hydrogen-bond acceptors (Lipinski definition) is 5. The number of amides is 2. The molecule has 1 heterocycles. The number of nitro groups is 1. The maximum Gasteiger partial charge on any atom is 0.416 e. The molecule has 0 aromatic heterocycles. The zero-order valence-corrected chi connectivity index (χ0v) is 17.6. The highest BCUT2D eigenvalue weighted by atomic mass is 19.4. The molecule has 8 nitrogen and oxygen atoms in total. The summed E-state index contributed by atoms with van der Waals surface area (Å²) in [5.74, 6) is -0.376. The molecule has 3 rings (SSSR count). The number of carbonyl (C=O) groups excluding carboxylic acids is 1. The molecule has 2 unspecified atom stereocenters. The van der Waals surface area contributed by atoms with Gasteiger partial charge < -0.3 is 20.1 Å². The Morgan fingerprint density at radius 1 is 1.27 bits per heavy atom. The first-order valence-electron chi connectivity index (χ1n) is 10.3. The summed E-state index contributed by atoms with van der Waals surface area (Å²) in [6.45, 7) is 0.682. The number of rotatable bonds is 7. The van der Waals surface area contributed by atoms with E-state index < -0.39 is 22.8 Å². The minimum atomic E-state index is -4.41. The van der Waals surface area contributed by atoms with Crippen LogP contribution in [0.4, 0.5) is 23.7 Å². The standard InChI is InChI=1S/C22H24F3N3O5/c23-22(24,25)18-6-4-15(5-7-18)10-16(14-29)12-26-21(30)27-8-9-33-20(13-27)17-2-1-3-19(11-17)28(31)32/h1-7,11,16,20,29H,8-10,12-14H2,(H,26,30). The van der Waals surface area contributed by atoms with Crippen molar-refractivity contribution in [2.45, 2.75) is 18.7 Å². The van der Waals surface area contributed by atoms with Crippen LogP contribution in [0.3, 0.4) is 0 Å². The Morgan fingerprint density at radius 2 is 2.00 bits per heavy atom. The second-order valence-corrected chi connectivity index (χ2v) is 7.79. The van der Waals surface area contributed by atoms with Gasteiger partial charge in [-0.15, -0.1) is 0 Å². The number of nitrogens with one attached hydrogen (secondary N) is 1. The first kappa shape index (κ1) is 24.5. The molecule has 1 fully saturated rings. The summed E-state index contributed by atoms with van der Waals surface area (Å²) in [6, 6.07) is 10.4. The first-order chi connectivity index (χ1) is 15.7. The predicted octanol–water partition coefficient (Wildman–Crippen LogP) is 3.55. The maximum atomic E-state index is 12.7. The molecule has 0 bridgehead atoms. The van der Waals surface area contributed by atoms with E-state index in [4.69, 9.17) is 4.74 Å². The van der Waals surface area contributed by atoms with Gasteiger partial charge in [-0.3, -0.25) is 10.1 Å². The number of aliphatic hydroxyl groups is 1. The molecule has 0 saturated carbocycles. The Morgan fingerprint density at radius 3 is 2.64 bits per heavy atom. The number of benzene rings is 2. The number of morpholine rings is 1. The van der Waals surface area contributed by atoms with Crippen LogP contribution in [0.2, 0.25) is 0 Å². The number of halogens is 3. The van der Waals surface area contributed by atoms with Crippen LogP contribution in [0.1, 0.15) is 22.8 Å². The number of nitrogens with zero attached hydrogens (tertiary/aromatic N) is 2. The van der Waals surface area contributed by atoms with Crippen molar-refractivity contribution in [3.8, 4) is 0 Å². The van der Waals surface area contributed by atoms with Crippen LogP contribution in [0.5, 0.6) is 0 Å². The van der Waals surface area contributed by atoms with Crippen molar-refractivity contribution >= 4 is 11.7 Å². The fourth-order valence-electron chi connectivity index (χ4n) is 3.58. The van der Waals surface area contributed by atoms with Gasteiger partial charge in [0.2, 0.25) is 0 Å². The highest BCUT2D eigenvalue weighted by Gasteiger charge is 2.30. The summed E-state index contributed by atoms with van der Waals surface area (Å²) in [5, 5.41) is 23.4. The van der Waals surface area contributed by atoms with Gasteiger partial charge in [-0.25, -0.2) is 4.79 Å². The van der Waals surface area contributed by atoms with Gasteiger partial charge in [-0.1, -0.05) is 24.3 Å². The number of carbonyl (C=O) groups is 1. The van der Waals surface area contributed by atoms with E-state index in [1.807, 2.05) is 0 Å². The number of ether oxygens (including phenoxy) is 1. The molecule has 0 aliphatic carbocycles. The lowest BCUT2D eigenvalue weighted by Crippen LogP contribution is -2.48. The zero-order chi connectivity index (χ0) is 24.0. The topological polar surface area (TPSA) is 105 Å². The summed E-state index contributed by atoms with van der Waals surface area (Å²) in [4.78, 5) is 24.6.